The molecule has 1 amide bonds. The van der Waals surface area contributed by atoms with Gasteiger partial charge < -0.3 is 10.6 Å². The number of carbonyl (C=O) groups excluding carboxylic acids is 1. The number of thioether (sulfide) groups is 1. The number of aromatic nitrogens is 2. The van der Waals surface area contributed by atoms with Crippen molar-refractivity contribution in [2.45, 2.75) is 68.0 Å². The maximum atomic E-state index is 12.6. The monoisotopic (exact) mass is 415 g/mol. The predicted octanol–water partition coefficient (Wildman–Crippen LogP) is 4.72. The third-order valence-electron chi connectivity index (χ3n) is 5.18. The highest BCUT2D eigenvalue weighted by atomic mass is 32.2. The van der Waals surface area contributed by atoms with Crippen LogP contribution in [-0.2, 0) is 4.79 Å². The normalized spacial score (nSPS) is 16.8. The molecule has 28 heavy (non-hydrogen) atoms. The summed E-state index contributed by atoms with van der Waals surface area (Å²) in [5.41, 5.74) is 2.69. The summed E-state index contributed by atoms with van der Waals surface area (Å²) >= 11 is 2.80. The highest BCUT2D eigenvalue weighted by Crippen LogP contribution is 2.33. The van der Waals surface area contributed by atoms with Gasteiger partial charge in [0.15, 0.2) is 4.34 Å². The molecule has 1 saturated carbocycles. The van der Waals surface area contributed by atoms with Crippen molar-refractivity contribution < 1.29 is 4.79 Å². The zero-order chi connectivity index (χ0) is 20.1. The van der Waals surface area contributed by atoms with Crippen LogP contribution in [0.1, 0.15) is 50.2 Å². The zero-order valence-electron chi connectivity index (χ0n) is 16.4. The summed E-state index contributed by atoms with van der Waals surface area (Å²) in [5.74, 6) is -0.118. The lowest BCUT2D eigenvalue weighted by molar-refractivity contribution is -0.121. The molecule has 8 heteroatoms. The molecule has 1 atom stereocenters. The van der Waals surface area contributed by atoms with E-state index in [9.17, 15) is 10.1 Å². The van der Waals surface area contributed by atoms with E-state index in [1.807, 2.05) is 19.1 Å². The molecule has 0 bridgehead atoms. The molecule has 3 rings (SSSR count). The molecule has 1 aromatic heterocycles. The van der Waals surface area contributed by atoms with Crippen LogP contribution in [0.4, 0.5) is 10.8 Å². The number of nitriles is 1. The number of aryl methyl sites for hydroxylation is 1. The van der Waals surface area contributed by atoms with Crippen molar-refractivity contribution >= 4 is 39.8 Å². The van der Waals surface area contributed by atoms with Gasteiger partial charge in [-0.3, -0.25) is 4.79 Å². The largest absolute Gasteiger partial charge is 0.337 e. The fraction of sp³-hybridized carbons (Fsp3) is 0.500. The fourth-order valence-electron chi connectivity index (χ4n) is 3.27. The highest BCUT2D eigenvalue weighted by molar-refractivity contribution is 8.02. The second-order valence-electron chi connectivity index (χ2n) is 7.25. The number of hydrogen-bond acceptors (Lipinski definition) is 7. The van der Waals surface area contributed by atoms with E-state index in [-0.39, 0.29) is 11.2 Å². The second-order valence-corrected chi connectivity index (χ2v) is 9.81. The first-order valence-corrected chi connectivity index (χ1v) is 11.2. The zero-order valence-corrected chi connectivity index (χ0v) is 18.0. The van der Waals surface area contributed by atoms with Crippen LogP contribution in [0.15, 0.2) is 22.5 Å². The molecule has 1 aliphatic rings. The van der Waals surface area contributed by atoms with E-state index in [2.05, 4.69) is 46.8 Å². The highest BCUT2D eigenvalue weighted by Gasteiger charge is 2.35. The van der Waals surface area contributed by atoms with Crippen molar-refractivity contribution in [2.24, 2.45) is 0 Å². The van der Waals surface area contributed by atoms with E-state index in [1.165, 1.54) is 34.2 Å². The van der Waals surface area contributed by atoms with Gasteiger partial charge in [-0.2, -0.15) is 5.26 Å². The minimum atomic E-state index is -0.708. The standard InChI is InChI=1S/C20H25N5OS2/c1-13-8-7-9-16(14(13)2)22-18-24-25-19(28-18)27-15(3)17(26)23-20(12-21)10-5-4-6-11-20/h7-9,15H,4-6,10-11H2,1-3H3,(H,22,24)(H,23,26). The van der Waals surface area contributed by atoms with E-state index in [0.717, 1.165) is 42.1 Å². The van der Waals surface area contributed by atoms with Gasteiger partial charge in [-0.15, -0.1) is 10.2 Å². The van der Waals surface area contributed by atoms with Crippen LogP contribution in [0.5, 0.6) is 0 Å². The van der Waals surface area contributed by atoms with Gasteiger partial charge in [-0.05, 0) is 50.8 Å². The number of rotatable bonds is 6. The molecule has 1 fully saturated rings. The molecule has 1 aliphatic carbocycles. The summed E-state index contributed by atoms with van der Waals surface area (Å²) < 4.78 is 0.727. The maximum absolute atomic E-state index is 12.6. The second kappa shape index (κ2) is 8.93. The quantitative estimate of drug-likeness (QED) is 0.663. The molecule has 1 heterocycles. The first-order valence-electron chi connectivity index (χ1n) is 9.49. The van der Waals surface area contributed by atoms with Gasteiger partial charge in [0.25, 0.3) is 0 Å². The molecule has 6 nitrogen and oxygen atoms in total. The Morgan fingerprint density at radius 2 is 2.04 bits per heavy atom. The van der Waals surface area contributed by atoms with Crippen molar-refractivity contribution in [3.63, 3.8) is 0 Å². The Bertz CT molecular complexity index is 883. The number of carbonyl (C=O) groups is 1. The van der Waals surface area contributed by atoms with Crippen molar-refractivity contribution in [2.75, 3.05) is 5.32 Å². The first-order chi connectivity index (χ1) is 13.4. The average molecular weight is 416 g/mol. The van der Waals surface area contributed by atoms with Gasteiger partial charge in [0.05, 0.1) is 11.3 Å². The van der Waals surface area contributed by atoms with Crippen molar-refractivity contribution in [3.05, 3.63) is 29.3 Å². The number of nitrogens with zero attached hydrogens (tertiary/aromatic N) is 3. The summed E-state index contributed by atoms with van der Waals surface area (Å²) in [5, 5.41) is 24.6. The minimum absolute atomic E-state index is 0.118. The third kappa shape index (κ3) is 4.83. The van der Waals surface area contributed by atoms with Crippen molar-refractivity contribution in [1.82, 2.24) is 15.5 Å². The van der Waals surface area contributed by atoms with E-state index in [1.54, 1.807) is 0 Å². The number of anilines is 2. The summed E-state index contributed by atoms with van der Waals surface area (Å²) in [6.45, 7) is 5.98. The Morgan fingerprint density at radius 1 is 1.29 bits per heavy atom. The molecule has 0 saturated heterocycles. The third-order valence-corrected chi connectivity index (χ3v) is 7.21. The smallest absolute Gasteiger partial charge is 0.234 e. The number of benzene rings is 1. The molecule has 148 valence electrons. The van der Waals surface area contributed by atoms with Gasteiger partial charge in [0.2, 0.25) is 11.0 Å². The molecule has 0 aliphatic heterocycles. The van der Waals surface area contributed by atoms with E-state index < -0.39 is 5.54 Å². The van der Waals surface area contributed by atoms with Crippen LogP contribution in [0.2, 0.25) is 0 Å². The Balaban J connectivity index is 1.60. The maximum Gasteiger partial charge on any atom is 0.234 e. The average Bonchev–Trinajstić information content (AvgIpc) is 3.13. The van der Waals surface area contributed by atoms with Crippen molar-refractivity contribution in [1.29, 1.82) is 5.26 Å². The van der Waals surface area contributed by atoms with Crippen molar-refractivity contribution in [3.8, 4) is 6.07 Å². The molecule has 1 aromatic carbocycles. The van der Waals surface area contributed by atoms with Gasteiger partial charge in [-0.25, -0.2) is 0 Å². The topological polar surface area (TPSA) is 90.7 Å². The minimum Gasteiger partial charge on any atom is -0.337 e. The number of amides is 1. The van der Waals surface area contributed by atoms with Gasteiger partial charge in [-0.1, -0.05) is 54.5 Å². The Hall–Kier alpha value is -2.11. The van der Waals surface area contributed by atoms with Crippen LogP contribution in [-0.4, -0.2) is 26.9 Å². The molecule has 0 spiro atoms. The van der Waals surface area contributed by atoms with Crippen LogP contribution >= 0.6 is 23.1 Å². The molecular formula is C20H25N5OS2. The Labute approximate surface area is 174 Å². The SMILES string of the molecule is Cc1cccc(Nc2nnc(SC(C)C(=O)NC3(C#N)CCCCC3)s2)c1C. The van der Waals surface area contributed by atoms with Gasteiger partial charge >= 0.3 is 0 Å². The summed E-state index contributed by atoms with van der Waals surface area (Å²) in [7, 11) is 0. The lowest BCUT2D eigenvalue weighted by Gasteiger charge is -2.32. The summed E-state index contributed by atoms with van der Waals surface area (Å²) in [6, 6.07) is 8.42. The predicted molar refractivity (Wildman–Crippen MR) is 114 cm³/mol. The van der Waals surface area contributed by atoms with Crippen LogP contribution < -0.4 is 10.6 Å². The van der Waals surface area contributed by atoms with Crippen LogP contribution in [0, 0.1) is 25.2 Å². The van der Waals surface area contributed by atoms with E-state index in [0.29, 0.717) is 5.13 Å². The summed E-state index contributed by atoms with van der Waals surface area (Å²) in [4.78, 5) is 12.6. The van der Waals surface area contributed by atoms with E-state index >= 15 is 0 Å². The molecule has 2 N–H and O–H groups in total. The lowest BCUT2D eigenvalue weighted by atomic mass is 9.83. The Morgan fingerprint density at radius 3 is 2.75 bits per heavy atom. The van der Waals surface area contributed by atoms with Gasteiger partial charge in [0.1, 0.15) is 5.54 Å². The Kier molecular flexibility index (Phi) is 6.57. The number of nitrogens with one attached hydrogen (secondary N) is 2. The van der Waals surface area contributed by atoms with Crippen LogP contribution in [0.25, 0.3) is 0 Å². The molecule has 1 unspecified atom stereocenters. The lowest BCUT2D eigenvalue weighted by Crippen LogP contribution is -2.50. The molecular weight excluding hydrogens is 390 g/mol. The van der Waals surface area contributed by atoms with Crippen LogP contribution in [0.3, 0.4) is 0 Å². The summed E-state index contributed by atoms with van der Waals surface area (Å²) in [6.07, 6.45) is 4.56. The van der Waals surface area contributed by atoms with Gasteiger partial charge in [0, 0.05) is 5.69 Å². The molecule has 2 aromatic rings. The fourth-order valence-corrected chi connectivity index (χ4v) is 5.18. The molecule has 0 radical (unpaired) electrons. The first kappa shape index (κ1) is 20.6. The van der Waals surface area contributed by atoms with E-state index in [4.69, 9.17) is 0 Å². The number of hydrogen-bond donors (Lipinski definition) is 2.